The lowest BCUT2D eigenvalue weighted by molar-refractivity contribution is 0.268. The highest BCUT2D eigenvalue weighted by atomic mass is 32.1. The maximum Gasteiger partial charge on any atom is 0.124 e. The summed E-state index contributed by atoms with van der Waals surface area (Å²) in [5.41, 5.74) is 5.70. The third kappa shape index (κ3) is 2.41. The average Bonchev–Trinajstić information content (AvgIpc) is 3.16. The van der Waals surface area contributed by atoms with Crippen LogP contribution in [0.3, 0.4) is 0 Å². The van der Waals surface area contributed by atoms with Crippen molar-refractivity contribution in [2.75, 3.05) is 13.1 Å². The molecule has 3 nitrogen and oxygen atoms in total. The van der Waals surface area contributed by atoms with E-state index in [9.17, 15) is 5.11 Å². The minimum atomic E-state index is 0.320. The number of likely N-dealkylation sites (N-methyl/N-ethyl adjacent to an activating group) is 1. The van der Waals surface area contributed by atoms with Gasteiger partial charge in [-0.3, -0.25) is 9.88 Å². The van der Waals surface area contributed by atoms with E-state index in [0.717, 1.165) is 52.8 Å². The highest BCUT2D eigenvalue weighted by molar-refractivity contribution is 7.17. The van der Waals surface area contributed by atoms with Gasteiger partial charge in [0, 0.05) is 35.6 Å². The number of pyridine rings is 1. The number of benzene rings is 2. The monoisotopic (exact) mass is 360 g/mol. The molecule has 4 aromatic rings. The summed E-state index contributed by atoms with van der Waals surface area (Å²) in [6.45, 7) is 5.39. The molecule has 0 saturated carbocycles. The molecule has 1 N–H and O–H groups in total. The van der Waals surface area contributed by atoms with E-state index < -0.39 is 0 Å². The van der Waals surface area contributed by atoms with E-state index in [1.54, 1.807) is 17.4 Å². The number of hydrogen-bond acceptors (Lipinski definition) is 4. The summed E-state index contributed by atoms with van der Waals surface area (Å²) in [5, 5.41) is 15.0. The van der Waals surface area contributed by atoms with Gasteiger partial charge in [-0.1, -0.05) is 19.1 Å². The van der Waals surface area contributed by atoms with E-state index >= 15 is 0 Å². The topological polar surface area (TPSA) is 36.4 Å². The summed E-state index contributed by atoms with van der Waals surface area (Å²) in [5.74, 6) is 0.320. The number of rotatable bonds is 2. The van der Waals surface area contributed by atoms with Gasteiger partial charge in [0.1, 0.15) is 5.75 Å². The molecule has 130 valence electrons. The van der Waals surface area contributed by atoms with Gasteiger partial charge in [-0.2, -0.15) is 0 Å². The summed E-state index contributed by atoms with van der Waals surface area (Å²) in [7, 11) is 0. The van der Waals surface area contributed by atoms with Crippen LogP contribution in [-0.4, -0.2) is 28.1 Å². The first-order valence-electron chi connectivity index (χ1n) is 9.07. The van der Waals surface area contributed by atoms with Gasteiger partial charge in [-0.25, -0.2) is 0 Å². The summed E-state index contributed by atoms with van der Waals surface area (Å²) < 4.78 is 1.15. The minimum absolute atomic E-state index is 0.320. The van der Waals surface area contributed by atoms with Crippen molar-refractivity contribution in [1.29, 1.82) is 0 Å². The Morgan fingerprint density at radius 3 is 2.96 bits per heavy atom. The molecule has 0 aliphatic carbocycles. The molecule has 0 saturated heterocycles. The van der Waals surface area contributed by atoms with Crippen LogP contribution in [0, 0.1) is 0 Å². The Bertz CT molecular complexity index is 1130. The fraction of sp³-hybridized carbons (Fsp3) is 0.227. The number of phenols is 1. The molecule has 3 heterocycles. The Hall–Kier alpha value is -2.43. The lowest BCUT2D eigenvalue weighted by atomic mass is 9.92. The van der Waals surface area contributed by atoms with Crippen LogP contribution in [0.15, 0.2) is 48.0 Å². The lowest BCUT2D eigenvalue weighted by Gasteiger charge is -2.28. The van der Waals surface area contributed by atoms with Crippen LogP contribution < -0.4 is 0 Å². The quantitative estimate of drug-likeness (QED) is 0.534. The van der Waals surface area contributed by atoms with Crippen LogP contribution in [0.1, 0.15) is 18.1 Å². The third-order valence-corrected chi connectivity index (χ3v) is 6.33. The molecular formula is C22H20N2OS. The highest BCUT2D eigenvalue weighted by Gasteiger charge is 2.18. The van der Waals surface area contributed by atoms with Crippen LogP contribution in [-0.2, 0) is 13.0 Å². The second-order valence-corrected chi connectivity index (χ2v) is 7.86. The Labute approximate surface area is 156 Å². The predicted octanol–water partition coefficient (Wildman–Crippen LogP) is 5.20. The molecular weight excluding hydrogens is 340 g/mol. The van der Waals surface area contributed by atoms with Gasteiger partial charge in [0.15, 0.2) is 0 Å². The summed E-state index contributed by atoms with van der Waals surface area (Å²) in [6, 6.07) is 12.4. The number of hydrogen-bond donors (Lipinski definition) is 1. The fourth-order valence-electron chi connectivity index (χ4n) is 4.05. The lowest BCUT2D eigenvalue weighted by Crippen LogP contribution is -2.30. The van der Waals surface area contributed by atoms with Crippen molar-refractivity contribution < 1.29 is 5.11 Å². The number of fused-ring (bicyclic) bond motifs is 4. The first-order valence-corrected chi connectivity index (χ1v) is 9.95. The highest BCUT2D eigenvalue weighted by Crippen LogP contribution is 2.41. The molecule has 0 fully saturated rings. The molecule has 4 heteroatoms. The third-order valence-electron chi connectivity index (χ3n) is 5.48. The summed E-state index contributed by atoms with van der Waals surface area (Å²) in [4.78, 5) is 7.08. The molecule has 5 rings (SSSR count). The van der Waals surface area contributed by atoms with Crippen LogP contribution in [0.2, 0.25) is 0 Å². The SMILES string of the molecule is CCN1CCc2ccc(-c3c(O)ccc4ncc5sccc5c34)cc2C1. The smallest absolute Gasteiger partial charge is 0.124 e. The number of phenolic OH excluding ortho intramolecular Hbond substituents is 1. The van der Waals surface area contributed by atoms with Crippen molar-refractivity contribution in [3.8, 4) is 16.9 Å². The van der Waals surface area contributed by atoms with Crippen molar-refractivity contribution in [1.82, 2.24) is 9.88 Å². The minimum Gasteiger partial charge on any atom is -0.507 e. The van der Waals surface area contributed by atoms with E-state index in [-0.39, 0.29) is 0 Å². The van der Waals surface area contributed by atoms with E-state index in [1.165, 1.54) is 16.5 Å². The van der Waals surface area contributed by atoms with Gasteiger partial charge in [0.25, 0.3) is 0 Å². The standard InChI is InChI=1S/C22H20N2OS/c1-2-24-9-7-14-3-4-15(11-16(14)13-24)21-19(25)6-5-18-22(21)17-8-10-26-20(17)12-23-18/h3-6,8,10-12,25H,2,7,9,13H2,1H3. The number of aromatic hydroxyl groups is 1. The zero-order valence-corrected chi connectivity index (χ0v) is 15.5. The first-order chi connectivity index (χ1) is 12.7. The zero-order valence-electron chi connectivity index (χ0n) is 14.7. The second-order valence-electron chi connectivity index (χ2n) is 6.91. The van der Waals surface area contributed by atoms with E-state index in [4.69, 9.17) is 0 Å². The Morgan fingerprint density at radius 1 is 1.15 bits per heavy atom. The summed E-state index contributed by atoms with van der Waals surface area (Å²) in [6.07, 6.45) is 3.02. The molecule has 1 aliphatic rings. The molecule has 2 aromatic heterocycles. The largest absolute Gasteiger partial charge is 0.507 e. The Balaban J connectivity index is 1.77. The maximum absolute atomic E-state index is 10.7. The van der Waals surface area contributed by atoms with Crippen LogP contribution in [0.25, 0.3) is 32.1 Å². The Morgan fingerprint density at radius 2 is 2.08 bits per heavy atom. The van der Waals surface area contributed by atoms with Crippen LogP contribution in [0.4, 0.5) is 0 Å². The van der Waals surface area contributed by atoms with Gasteiger partial charge in [-0.15, -0.1) is 11.3 Å². The van der Waals surface area contributed by atoms with Crippen LogP contribution >= 0.6 is 11.3 Å². The number of thiophene rings is 1. The normalized spacial score (nSPS) is 14.8. The molecule has 0 bridgehead atoms. The van der Waals surface area contributed by atoms with Crippen molar-refractivity contribution in [2.24, 2.45) is 0 Å². The first kappa shape index (κ1) is 15.8. The molecule has 26 heavy (non-hydrogen) atoms. The maximum atomic E-state index is 10.7. The van der Waals surface area contributed by atoms with E-state index in [2.05, 4.69) is 46.5 Å². The van der Waals surface area contributed by atoms with Gasteiger partial charge in [-0.05, 0) is 59.3 Å². The predicted molar refractivity (Wildman–Crippen MR) is 109 cm³/mol. The molecule has 0 unspecified atom stereocenters. The van der Waals surface area contributed by atoms with Crippen LogP contribution in [0.5, 0.6) is 5.75 Å². The number of aromatic nitrogens is 1. The second kappa shape index (κ2) is 6.08. The molecule has 0 atom stereocenters. The molecule has 0 spiro atoms. The van der Waals surface area contributed by atoms with Gasteiger partial charge in [0.05, 0.1) is 10.2 Å². The van der Waals surface area contributed by atoms with Gasteiger partial charge < -0.3 is 5.11 Å². The molecule has 0 amide bonds. The number of nitrogens with zero attached hydrogens (tertiary/aromatic N) is 2. The van der Waals surface area contributed by atoms with E-state index in [0.29, 0.717) is 5.75 Å². The average molecular weight is 360 g/mol. The van der Waals surface area contributed by atoms with Crippen molar-refractivity contribution in [3.63, 3.8) is 0 Å². The fourth-order valence-corrected chi connectivity index (χ4v) is 4.81. The van der Waals surface area contributed by atoms with Crippen molar-refractivity contribution in [3.05, 3.63) is 59.1 Å². The zero-order chi connectivity index (χ0) is 17.7. The van der Waals surface area contributed by atoms with Gasteiger partial charge >= 0.3 is 0 Å². The van der Waals surface area contributed by atoms with Crippen molar-refractivity contribution in [2.45, 2.75) is 19.9 Å². The Kier molecular flexibility index (Phi) is 3.69. The van der Waals surface area contributed by atoms with Gasteiger partial charge in [0.2, 0.25) is 0 Å². The van der Waals surface area contributed by atoms with Crippen molar-refractivity contribution >= 4 is 32.3 Å². The summed E-state index contributed by atoms with van der Waals surface area (Å²) >= 11 is 1.69. The molecule has 2 aromatic carbocycles. The molecule has 0 radical (unpaired) electrons. The molecule has 1 aliphatic heterocycles. The van der Waals surface area contributed by atoms with E-state index in [1.807, 2.05) is 12.3 Å².